The molecule has 0 saturated carbocycles. The first-order valence-corrected chi connectivity index (χ1v) is 12.8. The highest BCUT2D eigenvalue weighted by molar-refractivity contribution is 5.98. The van der Waals surface area contributed by atoms with Crippen LogP contribution in [0.3, 0.4) is 0 Å². The Hall–Kier alpha value is -5.91. The van der Waals surface area contributed by atoms with Gasteiger partial charge in [-0.25, -0.2) is 9.78 Å². The van der Waals surface area contributed by atoms with Gasteiger partial charge in [0.05, 0.1) is 17.4 Å². The predicted molar refractivity (Wildman–Crippen MR) is 153 cm³/mol. The number of hydrogen-bond acceptors (Lipinski definition) is 9. The Bertz CT molecular complexity index is 1650. The van der Waals surface area contributed by atoms with Crippen LogP contribution in [0.1, 0.15) is 41.6 Å². The highest BCUT2D eigenvalue weighted by atomic mass is 16.4. The van der Waals surface area contributed by atoms with Crippen molar-refractivity contribution in [2.75, 3.05) is 10.6 Å². The van der Waals surface area contributed by atoms with Crippen molar-refractivity contribution in [3.63, 3.8) is 0 Å². The van der Waals surface area contributed by atoms with E-state index in [1.807, 2.05) is 0 Å². The zero-order valence-corrected chi connectivity index (χ0v) is 22.6. The lowest BCUT2D eigenvalue weighted by Crippen LogP contribution is -2.51. The summed E-state index contributed by atoms with van der Waals surface area (Å²) in [5.74, 6) is -5.73. The lowest BCUT2D eigenvalue weighted by Gasteiger charge is -2.21. The molecule has 3 rings (SSSR count). The van der Waals surface area contributed by atoms with Gasteiger partial charge in [-0.3, -0.25) is 33.9 Å². The molecule has 1 aromatic heterocycles. The van der Waals surface area contributed by atoms with Gasteiger partial charge in [0.25, 0.3) is 11.5 Å². The molecule has 2 amide bonds. The lowest BCUT2D eigenvalue weighted by molar-refractivity contribution is -0.143. The minimum Gasteiger partial charge on any atom is -0.481 e. The fraction of sp³-hybridized carbons (Fsp3) is 0.250. The zero-order valence-electron chi connectivity index (χ0n) is 22.6. The maximum atomic E-state index is 12.9. The van der Waals surface area contributed by atoms with Crippen molar-refractivity contribution in [3.8, 4) is 12.5 Å². The maximum absolute atomic E-state index is 12.9. The monoisotopic (exact) mass is 592 g/mol. The molecule has 8 N–H and O–H groups in total. The number of anilines is 2. The zero-order chi connectivity index (χ0) is 31.7. The number of H-pyrrole nitrogens is 1. The number of aromatic amines is 1. The highest BCUT2D eigenvalue weighted by Crippen LogP contribution is 2.19. The number of rotatable bonds is 14. The molecule has 15 nitrogen and oxygen atoms in total. The van der Waals surface area contributed by atoms with E-state index in [1.165, 1.54) is 17.0 Å². The normalized spacial score (nSPS) is 12.0. The van der Waals surface area contributed by atoms with Gasteiger partial charge in [0.2, 0.25) is 11.9 Å². The number of terminal acetylenes is 1. The van der Waals surface area contributed by atoms with E-state index in [2.05, 4.69) is 26.6 Å². The van der Waals surface area contributed by atoms with Gasteiger partial charge in [-0.1, -0.05) is 12.5 Å². The van der Waals surface area contributed by atoms with E-state index in [1.54, 1.807) is 30.3 Å². The van der Waals surface area contributed by atoms with Crippen LogP contribution in [0.15, 0.2) is 47.3 Å². The summed E-state index contributed by atoms with van der Waals surface area (Å²) < 4.78 is 0. The van der Waals surface area contributed by atoms with Crippen LogP contribution in [-0.4, -0.2) is 67.1 Å². The second-order valence-electron chi connectivity index (χ2n) is 9.36. The molecule has 2 atom stereocenters. The van der Waals surface area contributed by atoms with Crippen molar-refractivity contribution in [1.29, 1.82) is 0 Å². The molecule has 15 heteroatoms. The van der Waals surface area contributed by atoms with Gasteiger partial charge in [-0.05, 0) is 54.8 Å². The molecule has 2 aromatic carbocycles. The summed E-state index contributed by atoms with van der Waals surface area (Å²) in [6, 6.07) is 10.5. The van der Waals surface area contributed by atoms with Crippen LogP contribution in [-0.2, 0) is 25.7 Å². The van der Waals surface area contributed by atoms with Crippen LogP contribution < -0.4 is 26.8 Å². The fourth-order valence-electron chi connectivity index (χ4n) is 4.06. The first kappa shape index (κ1) is 31.6. The van der Waals surface area contributed by atoms with Gasteiger partial charge in [0.1, 0.15) is 12.1 Å². The largest absolute Gasteiger partial charge is 0.481 e. The number of aromatic nitrogens is 2. The average molecular weight is 593 g/mol. The Kier molecular flexibility index (Phi) is 10.4. The Morgan fingerprint density at radius 3 is 2.16 bits per heavy atom. The van der Waals surface area contributed by atoms with E-state index in [9.17, 15) is 33.9 Å². The van der Waals surface area contributed by atoms with Gasteiger partial charge in [0, 0.05) is 30.1 Å². The van der Waals surface area contributed by atoms with Crippen molar-refractivity contribution in [3.05, 3.63) is 63.9 Å². The van der Waals surface area contributed by atoms with E-state index < -0.39 is 66.6 Å². The summed E-state index contributed by atoms with van der Waals surface area (Å²) in [5.41, 5.74) is 6.90. The fourth-order valence-corrected chi connectivity index (χ4v) is 4.06. The third kappa shape index (κ3) is 8.79. The number of hydrogen-bond donors (Lipinski definition) is 7. The molecule has 0 aliphatic rings. The van der Waals surface area contributed by atoms with Crippen LogP contribution in [0.4, 0.5) is 11.6 Å². The number of carboxylic acid groups (broad SMARTS) is 3. The van der Waals surface area contributed by atoms with Gasteiger partial charge >= 0.3 is 17.9 Å². The predicted octanol–water partition coefficient (Wildman–Crippen LogP) is 0.500. The van der Waals surface area contributed by atoms with Gasteiger partial charge in [-0.15, -0.1) is 0 Å². The van der Waals surface area contributed by atoms with E-state index in [-0.39, 0.29) is 24.5 Å². The molecular weight excluding hydrogens is 564 g/mol. The molecule has 0 spiro atoms. The molecule has 0 saturated heterocycles. The molecule has 0 bridgehead atoms. The molecule has 2 unspecified atom stereocenters. The van der Waals surface area contributed by atoms with Gasteiger partial charge in [-0.2, -0.15) is 0 Å². The van der Waals surface area contributed by atoms with Crippen LogP contribution in [0.5, 0.6) is 0 Å². The van der Waals surface area contributed by atoms with Gasteiger partial charge < -0.3 is 31.7 Å². The Balaban J connectivity index is 1.73. The van der Waals surface area contributed by atoms with E-state index >= 15 is 0 Å². The standard InChI is InChI=1S/C28H28N6O9/c1-2-34(14-15-3-8-19-18(13-15)25(40)33-28(29)32-19)17-6-4-16(5-7-17)24(39)30-20(9-11-22(35)36)26(41)31-21(27(42)43)10-12-23(37)38/h1,3-8,13,20-21H,9-12,14H2,(H,30,39)(H,31,41)(H,35,36)(H,37,38)(H,42,43)(H3,29,32,33,40). The van der Waals surface area contributed by atoms with Crippen molar-refractivity contribution in [1.82, 2.24) is 20.6 Å². The third-order valence-corrected chi connectivity index (χ3v) is 6.26. The molecular formula is C28H28N6O9. The summed E-state index contributed by atoms with van der Waals surface area (Å²) in [6.07, 6.45) is 3.90. The molecule has 0 aliphatic heterocycles. The number of carbonyl (C=O) groups is 5. The number of nitrogens with zero attached hydrogens (tertiary/aromatic N) is 2. The molecule has 43 heavy (non-hydrogen) atoms. The Morgan fingerprint density at radius 2 is 1.58 bits per heavy atom. The molecule has 0 radical (unpaired) electrons. The Morgan fingerprint density at radius 1 is 0.953 bits per heavy atom. The van der Waals surface area contributed by atoms with Crippen LogP contribution >= 0.6 is 0 Å². The van der Waals surface area contributed by atoms with Crippen LogP contribution in [0.2, 0.25) is 0 Å². The topological polar surface area (TPSA) is 245 Å². The van der Waals surface area contributed by atoms with E-state index in [0.717, 1.165) is 0 Å². The number of nitrogens with one attached hydrogen (secondary N) is 3. The number of carboxylic acids is 3. The molecule has 0 fully saturated rings. The third-order valence-electron chi connectivity index (χ3n) is 6.26. The number of carbonyl (C=O) groups excluding carboxylic acids is 2. The number of benzene rings is 2. The van der Waals surface area contributed by atoms with Crippen molar-refractivity contribution >= 4 is 52.3 Å². The van der Waals surface area contributed by atoms with E-state index in [0.29, 0.717) is 22.2 Å². The second-order valence-corrected chi connectivity index (χ2v) is 9.36. The van der Waals surface area contributed by atoms with Crippen molar-refractivity contribution in [2.24, 2.45) is 0 Å². The van der Waals surface area contributed by atoms with Gasteiger partial charge in [0.15, 0.2) is 0 Å². The summed E-state index contributed by atoms with van der Waals surface area (Å²) >= 11 is 0. The molecule has 0 aliphatic carbocycles. The molecule has 224 valence electrons. The second kappa shape index (κ2) is 14.1. The first-order chi connectivity index (χ1) is 20.4. The van der Waals surface area contributed by atoms with Crippen molar-refractivity contribution in [2.45, 2.75) is 44.3 Å². The summed E-state index contributed by atoms with van der Waals surface area (Å²) in [6.45, 7) is 0.200. The Labute approximate surface area is 243 Å². The van der Waals surface area contributed by atoms with E-state index in [4.69, 9.17) is 22.4 Å². The SMILES string of the molecule is C#CN(Cc1ccc2nc(N)[nH]c(=O)c2c1)c1ccc(C(=O)NC(CCC(=O)O)C(=O)NC(CCC(=O)O)C(=O)O)cc1. The molecule has 3 aromatic rings. The number of fused-ring (bicyclic) bond motifs is 1. The smallest absolute Gasteiger partial charge is 0.326 e. The minimum absolute atomic E-state index is 0.00587. The summed E-state index contributed by atoms with van der Waals surface area (Å²) in [7, 11) is 0. The minimum atomic E-state index is -1.56. The maximum Gasteiger partial charge on any atom is 0.326 e. The highest BCUT2D eigenvalue weighted by Gasteiger charge is 2.28. The molecule has 1 heterocycles. The number of aliphatic carboxylic acids is 3. The summed E-state index contributed by atoms with van der Waals surface area (Å²) in [5, 5.41) is 32.1. The van der Waals surface area contributed by atoms with Crippen LogP contribution in [0, 0.1) is 12.5 Å². The number of nitrogen functional groups attached to an aromatic ring is 1. The lowest BCUT2D eigenvalue weighted by atomic mass is 10.1. The van der Waals surface area contributed by atoms with Crippen molar-refractivity contribution < 1.29 is 39.3 Å². The average Bonchev–Trinajstić information content (AvgIpc) is 2.95. The summed E-state index contributed by atoms with van der Waals surface area (Å²) in [4.78, 5) is 79.3. The number of amides is 2. The number of nitrogens with two attached hydrogens (primary N) is 1. The van der Waals surface area contributed by atoms with Crippen LogP contribution in [0.25, 0.3) is 10.9 Å². The first-order valence-electron chi connectivity index (χ1n) is 12.8. The quantitative estimate of drug-likeness (QED) is 0.0999.